The van der Waals surface area contributed by atoms with Gasteiger partial charge in [0.2, 0.25) is 0 Å². The molecule has 0 radical (unpaired) electrons. The van der Waals surface area contributed by atoms with Crippen molar-refractivity contribution in [3.05, 3.63) is 35.4 Å². The summed E-state index contributed by atoms with van der Waals surface area (Å²) in [6.45, 7) is 3.99. The Morgan fingerprint density at radius 3 is 2.57 bits per heavy atom. The molecule has 1 fully saturated rings. The highest BCUT2D eigenvalue weighted by molar-refractivity contribution is 14.0. The van der Waals surface area contributed by atoms with Crippen molar-refractivity contribution in [2.75, 3.05) is 40.5 Å². The van der Waals surface area contributed by atoms with Crippen LogP contribution >= 0.6 is 24.0 Å². The number of aliphatic imine (C=N–C) groups is 1. The molecule has 0 saturated carbocycles. The maximum Gasteiger partial charge on any atom is 0.416 e. The maximum absolute atomic E-state index is 13.2. The van der Waals surface area contributed by atoms with Crippen LogP contribution in [0.1, 0.15) is 30.9 Å². The summed E-state index contributed by atoms with van der Waals surface area (Å²) in [7, 11) is 3.29. The predicted molar refractivity (Wildman–Crippen MR) is 114 cm³/mol. The first-order chi connectivity index (χ1) is 12.8. The van der Waals surface area contributed by atoms with Gasteiger partial charge in [-0.25, -0.2) is 0 Å². The molecule has 1 heterocycles. The Labute approximate surface area is 181 Å². The van der Waals surface area contributed by atoms with E-state index in [1.165, 1.54) is 12.1 Å². The Morgan fingerprint density at radius 2 is 2.00 bits per heavy atom. The van der Waals surface area contributed by atoms with Crippen molar-refractivity contribution in [1.82, 2.24) is 10.6 Å². The zero-order valence-electron chi connectivity index (χ0n) is 16.4. The van der Waals surface area contributed by atoms with Gasteiger partial charge in [-0.05, 0) is 31.4 Å². The highest BCUT2D eigenvalue weighted by Crippen LogP contribution is 2.37. The molecule has 28 heavy (non-hydrogen) atoms. The fourth-order valence-corrected chi connectivity index (χ4v) is 3.33. The quantitative estimate of drug-likeness (QED) is 0.346. The molecule has 160 valence electrons. The molecule has 5 nitrogen and oxygen atoms in total. The van der Waals surface area contributed by atoms with Gasteiger partial charge in [0.15, 0.2) is 5.96 Å². The summed E-state index contributed by atoms with van der Waals surface area (Å²) >= 11 is 0. The third-order valence-corrected chi connectivity index (χ3v) is 4.87. The van der Waals surface area contributed by atoms with Gasteiger partial charge in [-0.15, -0.1) is 24.0 Å². The van der Waals surface area contributed by atoms with Crippen LogP contribution in [0.3, 0.4) is 0 Å². The van der Waals surface area contributed by atoms with Gasteiger partial charge >= 0.3 is 6.18 Å². The summed E-state index contributed by atoms with van der Waals surface area (Å²) < 4.78 is 50.1. The molecule has 1 saturated heterocycles. The molecular formula is C19H29F3IN3O2. The van der Waals surface area contributed by atoms with E-state index in [1.54, 1.807) is 20.2 Å². The first kappa shape index (κ1) is 25.0. The topological polar surface area (TPSA) is 54.9 Å². The molecule has 1 aromatic carbocycles. The number of rotatable bonds is 6. The van der Waals surface area contributed by atoms with Crippen LogP contribution in [0.2, 0.25) is 0 Å². The van der Waals surface area contributed by atoms with E-state index in [2.05, 4.69) is 15.6 Å². The Hall–Kier alpha value is -1.07. The van der Waals surface area contributed by atoms with E-state index < -0.39 is 17.2 Å². The second-order valence-electron chi connectivity index (χ2n) is 6.90. The van der Waals surface area contributed by atoms with E-state index in [0.717, 1.165) is 6.07 Å². The second-order valence-corrected chi connectivity index (χ2v) is 6.90. The maximum atomic E-state index is 13.2. The fourth-order valence-electron chi connectivity index (χ4n) is 3.33. The van der Waals surface area contributed by atoms with E-state index in [9.17, 15) is 13.2 Å². The minimum absolute atomic E-state index is 0. The smallest absolute Gasteiger partial charge is 0.383 e. The number of nitrogens with zero attached hydrogens (tertiary/aromatic N) is 1. The van der Waals surface area contributed by atoms with Crippen LogP contribution < -0.4 is 10.6 Å². The van der Waals surface area contributed by atoms with Gasteiger partial charge in [0, 0.05) is 45.4 Å². The number of benzene rings is 1. The third kappa shape index (κ3) is 6.77. The molecule has 0 amide bonds. The lowest BCUT2D eigenvalue weighted by atomic mass is 9.73. The normalized spacial score (nSPS) is 18.1. The van der Waals surface area contributed by atoms with Crippen LogP contribution in [0, 0.1) is 0 Å². The molecule has 1 atom stereocenters. The SMILES string of the molecule is CN=C(NCC1(c2cccc(C(F)(F)F)c2)CCOCC1)NC(C)COC.I. The minimum atomic E-state index is -4.36. The monoisotopic (exact) mass is 515 g/mol. The zero-order valence-corrected chi connectivity index (χ0v) is 18.8. The molecule has 2 N–H and O–H groups in total. The molecular weight excluding hydrogens is 486 g/mol. The Morgan fingerprint density at radius 1 is 1.32 bits per heavy atom. The second kappa shape index (κ2) is 11.2. The van der Waals surface area contributed by atoms with Gasteiger partial charge in [-0.3, -0.25) is 4.99 Å². The van der Waals surface area contributed by atoms with Crippen molar-refractivity contribution >= 4 is 29.9 Å². The summed E-state index contributed by atoms with van der Waals surface area (Å²) in [6.07, 6.45) is -3.07. The van der Waals surface area contributed by atoms with Gasteiger partial charge in [0.1, 0.15) is 0 Å². The molecule has 0 bridgehead atoms. The summed E-state index contributed by atoms with van der Waals surface area (Å²) in [5, 5.41) is 6.49. The van der Waals surface area contributed by atoms with E-state index in [4.69, 9.17) is 9.47 Å². The summed E-state index contributed by atoms with van der Waals surface area (Å²) in [4.78, 5) is 4.20. The van der Waals surface area contributed by atoms with Crippen LogP contribution in [-0.2, 0) is 21.1 Å². The third-order valence-electron chi connectivity index (χ3n) is 4.87. The van der Waals surface area contributed by atoms with E-state index in [0.29, 0.717) is 50.7 Å². The predicted octanol–water partition coefficient (Wildman–Crippen LogP) is 3.57. The van der Waals surface area contributed by atoms with Crippen LogP contribution in [0.25, 0.3) is 0 Å². The molecule has 1 aliphatic heterocycles. The number of alkyl halides is 3. The zero-order chi connectivity index (χ0) is 19.9. The lowest BCUT2D eigenvalue weighted by molar-refractivity contribution is -0.137. The van der Waals surface area contributed by atoms with Crippen molar-refractivity contribution in [3.8, 4) is 0 Å². The summed E-state index contributed by atoms with van der Waals surface area (Å²) in [5.41, 5.74) is -0.391. The molecule has 1 aliphatic rings. The number of ether oxygens (including phenoxy) is 2. The largest absolute Gasteiger partial charge is 0.416 e. The number of nitrogens with one attached hydrogen (secondary N) is 2. The van der Waals surface area contributed by atoms with Crippen molar-refractivity contribution < 1.29 is 22.6 Å². The Bertz CT molecular complexity index is 635. The lowest BCUT2D eigenvalue weighted by Gasteiger charge is -2.38. The lowest BCUT2D eigenvalue weighted by Crippen LogP contribution is -2.50. The number of halogens is 4. The Balaban J connectivity index is 0.00000392. The fraction of sp³-hybridized carbons (Fsp3) is 0.632. The van der Waals surface area contributed by atoms with Gasteiger partial charge in [0.25, 0.3) is 0 Å². The average Bonchev–Trinajstić information content (AvgIpc) is 2.65. The van der Waals surface area contributed by atoms with Crippen molar-refractivity contribution in [2.45, 2.75) is 37.4 Å². The van der Waals surface area contributed by atoms with Crippen LogP contribution in [0.15, 0.2) is 29.3 Å². The highest BCUT2D eigenvalue weighted by atomic mass is 127. The van der Waals surface area contributed by atoms with Crippen LogP contribution in [0.4, 0.5) is 13.2 Å². The molecule has 0 spiro atoms. The van der Waals surface area contributed by atoms with Crippen molar-refractivity contribution in [2.24, 2.45) is 4.99 Å². The molecule has 1 aromatic rings. The van der Waals surface area contributed by atoms with Gasteiger partial charge in [0.05, 0.1) is 12.2 Å². The molecule has 1 unspecified atom stereocenters. The average molecular weight is 515 g/mol. The first-order valence-corrected chi connectivity index (χ1v) is 9.02. The molecule has 0 aliphatic carbocycles. The number of guanidine groups is 1. The van der Waals surface area contributed by atoms with Gasteiger partial charge in [-0.1, -0.05) is 18.2 Å². The number of methoxy groups -OCH3 is 1. The van der Waals surface area contributed by atoms with E-state index in [-0.39, 0.29) is 30.0 Å². The van der Waals surface area contributed by atoms with Gasteiger partial charge in [-0.2, -0.15) is 13.2 Å². The number of hydrogen-bond donors (Lipinski definition) is 2. The first-order valence-electron chi connectivity index (χ1n) is 9.02. The molecule has 0 aromatic heterocycles. The van der Waals surface area contributed by atoms with Gasteiger partial charge < -0.3 is 20.1 Å². The minimum Gasteiger partial charge on any atom is -0.383 e. The van der Waals surface area contributed by atoms with E-state index >= 15 is 0 Å². The Kier molecular flexibility index (Phi) is 9.99. The number of hydrogen-bond acceptors (Lipinski definition) is 3. The van der Waals surface area contributed by atoms with Crippen molar-refractivity contribution in [3.63, 3.8) is 0 Å². The summed E-state index contributed by atoms with van der Waals surface area (Å²) in [6, 6.07) is 5.67. The van der Waals surface area contributed by atoms with E-state index in [1.807, 2.05) is 6.92 Å². The highest BCUT2D eigenvalue weighted by Gasteiger charge is 2.37. The van der Waals surface area contributed by atoms with Crippen LogP contribution in [-0.4, -0.2) is 52.5 Å². The summed E-state index contributed by atoms with van der Waals surface area (Å²) in [5.74, 6) is 0.595. The standard InChI is InChI=1S/C19H28F3N3O2.HI/c1-14(12-26-3)25-17(23-2)24-13-18(7-9-27-10-8-18)15-5-4-6-16(11-15)19(20,21)22;/h4-6,11,14H,7-10,12-13H2,1-3H3,(H2,23,24,25);1H. The molecule has 2 rings (SSSR count). The van der Waals surface area contributed by atoms with Crippen molar-refractivity contribution in [1.29, 1.82) is 0 Å². The van der Waals surface area contributed by atoms with Crippen LogP contribution in [0.5, 0.6) is 0 Å². The molecule has 9 heteroatoms.